The van der Waals surface area contributed by atoms with Crippen LogP contribution in [0, 0.1) is 21.4 Å². The Morgan fingerprint density at radius 2 is 2.04 bits per heavy atom. The molecule has 138 valence electrons. The Balaban J connectivity index is 1.62. The van der Waals surface area contributed by atoms with E-state index in [1.165, 1.54) is 17.4 Å². The van der Waals surface area contributed by atoms with Gasteiger partial charge in [0.15, 0.2) is 0 Å². The largest absolute Gasteiger partial charge is 0.366 e. The minimum Gasteiger partial charge on any atom is -0.366 e. The zero-order valence-corrected chi connectivity index (χ0v) is 15.5. The maximum absolute atomic E-state index is 12.7. The monoisotopic (exact) mass is 382 g/mol. The average Bonchev–Trinajstić information content (AvgIpc) is 3.38. The SMILES string of the molecule is N#Cc1c(NC(=O)c2ccc(N3CCCC3)c([N+](=O)[O-])c2)sc2c1CCC2. The first-order chi connectivity index (χ1) is 13.1. The van der Waals surface area contributed by atoms with Crippen LogP contribution in [0.2, 0.25) is 0 Å². The van der Waals surface area contributed by atoms with Crippen LogP contribution < -0.4 is 10.2 Å². The molecule has 1 N–H and O–H groups in total. The number of benzene rings is 1. The van der Waals surface area contributed by atoms with Crippen LogP contribution in [0.25, 0.3) is 0 Å². The van der Waals surface area contributed by atoms with Gasteiger partial charge >= 0.3 is 0 Å². The summed E-state index contributed by atoms with van der Waals surface area (Å²) in [5.41, 5.74) is 2.29. The molecule has 2 aliphatic rings. The predicted octanol–water partition coefficient (Wildman–Crippen LogP) is 3.87. The summed E-state index contributed by atoms with van der Waals surface area (Å²) in [5, 5.41) is 24.3. The zero-order valence-electron chi connectivity index (χ0n) is 14.7. The number of carbonyl (C=O) groups is 1. The van der Waals surface area contributed by atoms with Crippen molar-refractivity contribution in [2.24, 2.45) is 0 Å². The summed E-state index contributed by atoms with van der Waals surface area (Å²) in [5.74, 6) is -0.428. The molecule has 0 unspecified atom stereocenters. The first-order valence-corrected chi connectivity index (χ1v) is 9.79. The van der Waals surface area contributed by atoms with E-state index in [1.807, 2.05) is 4.90 Å². The number of nitrogens with one attached hydrogen (secondary N) is 1. The third-order valence-electron chi connectivity index (χ3n) is 5.14. The molecule has 1 aromatic carbocycles. The number of rotatable bonds is 4. The Kier molecular flexibility index (Phi) is 4.54. The lowest BCUT2D eigenvalue weighted by atomic mass is 10.1. The van der Waals surface area contributed by atoms with Crippen molar-refractivity contribution in [3.8, 4) is 6.07 Å². The lowest BCUT2D eigenvalue weighted by Gasteiger charge is -2.17. The summed E-state index contributed by atoms with van der Waals surface area (Å²) < 4.78 is 0. The lowest BCUT2D eigenvalue weighted by Crippen LogP contribution is -2.19. The van der Waals surface area contributed by atoms with E-state index in [1.54, 1.807) is 12.1 Å². The van der Waals surface area contributed by atoms with Crippen LogP contribution in [0.3, 0.4) is 0 Å². The number of aryl methyl sites for hydroxylation is 1. The molecule has 0 radical (unpaired) electrons. The standard InChI is InChI=1S/C19H18N4O3S/c20-11-14-13-4-3-5-17(13)27-19(14)21-18(24)12-6-7-15(16(10-12)23(25)26)22-8-1-2-9-22/h6-7,10H,1-5,8-9H2,(H,21,24). The van der Waals surface area contributed by atoms with Gasteiger partial charge in [-0.15, -0.1) is 11.3 Å². The van der Waals surface area contributed by atoms with Crippen molar-refractivity contribution >= 4 is 33.6 Å². The number of amides is 1. The molecule has 0 saturated carbocycles. The second-order valence-electron chi connectivity index (χ2n) is 6.78. The summed E-state index contributed by atoms with van der Waals surface area (Å²) >= 11 is 1.43. The molecule has 2 heterocycles. The van der Waals surface area contributed by atoms with Gasteiger partial charge in [-0.2, -0.15) is 5.26 Å². The molecule has 1 fully saturated rings. The number of anilines is 2. The Bertz CT molecular complexity index is 970. The molecular weight excluding hydrogens is 364 g/mol. The number of thiophene rings is 1. The van der Waals surface area contributed by atoms with Gasteiger partial charge in [-0.3, -0.25) is 14.9 Å². The van der Waals surface area contributed by atoms with E-state index in [0.29, 0.717) is 16.3 Å². The number of hydrogen-bond acceptors (Lipinski definition) is 6. The minimum atomic E-state index is -0.440. The van der Waals surface area contributed by atoms with Gasteiger partial charge in [0.2, 0.25) is 0 Å². The van der Waals surface area contributed by atoms with Crippen LogP contribution in [0.1, 0.15) is 45.6 Å². The summed E-state index contributed by atoms with van der Waals surface area (Å²) in [6.45, 7) is 1.58. The number of carbonyl (C=O) groups excluding carboxylic acids is 1. The van der Waals surface area contributed by atoms with Gasteiger partial charge in [0, 0.05) is 29.6 Å². The summed E-state index contributed by atoms with van der Waals surface area (Å²) in [4.78, 5) is 26.9. The van der Waals surface area contributed by atoms with E-state index in [-0.39, 0.29) is 11.3 Å². The van der Waals surface area contributed by atoms with Crippen molar-refractivity contribution in [2.75, 3.05) is 23.3 Å². The summed E-state index contributed by atoms with van der Waals surface area (Å²) in [6.07, 6.45) is 4.86. The van der Waals surface area contributed by atoms with Crippen LogP contribution in [-0.4, -0.2) is 23.9 Å². The quantitative estimate of drug-likeness (QED) is 0.639. The smallest absolute Gasteiger partial charge is 0.293 e. The highest BCUT2D eigenvalue weighted by atomic mass is 32.1. The van der Waals surface area contributed by atoms with Crippen LogP contribution in [0.4, 0.5) is 16.4 Å². The van der Waals surface area contributed by atoms with Gasteiger partial charge < -0.3 is 10.2 Å². The molecule has 0 atom stereocenters. The normalized spacial score (nSPS) is 15.4. The summed E-state index contributed by atoms with van der Waals surface area (Å²) in [7, 11) is 0. The van der Waals surface area contributed by atoms with Crippen molar-refractivity contribution in [2.45, 2.75) is 32.1 Å². The Morgan fingerprint density at radius 1 is 1.26 bits per heavy atom. The fourth-order valence-corrected chi connectivity index (χ4v) is 5.06. The maximum Gasteiger partial charge on any atom is 0.293 e. The van der Waals surface area contributed by atoms with Crippen LogP contribution in [0.15, 0.2) is 18.2 Å². The van der Waals surface area contributed by atoms with E-state index in [9.17, 15) is 20.2 Å². The zero-order chi connectivity index (χ0) is 19.0. The third kappa shape index (κ3) is 3.15. The molecule has 8 heteroatoms. The van der Waals surface area contributed by atoms with E-state index in [4.69, 9.17) is 0 Å². The number of nitrogens with zero attached hydrogens (tertiary/aromatic N) is 3. The van der Waals surface area contributed by atoms with Crippen molar-refractivity contribution < 1.29 is 9.72 Å². The number of hydrogen-bond donors (Lipinski definition) is 1. The van der Waals surface area contributed by atoms with E-state index >= 15 is 0 Å². The number of nitro benzene ring substituents is 1. The highest BCUT2D eigenvalue weighted by molar-refractivity contribution is 7.16. The Morgan fingerprint density at radius 3 is 2.74 bits per heavy atom. The van der Waals surface area contributed by atoms with Crippen LogP contribution in [0.5, 0.6) is 0 Å². The maximum atomic E-state index is 12.7. The van der Waals surface area contributed by atoms with Crippen LogP contribution in [-0.2, 0) is 12.8 Å². The molecule has 1 aliphatic carbocycles. The Labute approximate surface area is 160 Å². The molecular formula is C19H18N4O3S. The second kappa shape index (κ2) is 7.00. The van der Waals surface area contributed by atoms with E-state index in [2.05, 4.69) is 11.4 Å². The molecule has 0 bridgehead atoms. The Hall–Kier alpha value is -2.92. The van der Waals surface area contributed by atoms with Gasteiger partial charge in [0.25, 0.3) is 11.6 Å². The second-order valence-corrected chi connectivity index (χ2v) is 7.89. The molecule has 27 heavy (non-hydrogen) atoms. The average molecular weight is 382 g/mol. The molecule has 1 aromatic heterocycles. The molecule has 1 aliphatic heterocycles. The summed E-state index contributed by atoms with van der Waals surface area (Å²) in [6, 6.07) is 6.78. The van der Waals surface area contributed by atoms with Crippen molar-refractivity contribution in [3.05, 3.63) is 49.9 Å². The van der Waals surface area contributed by atoms with Crippen molar-refractivity contribution in [1.82, 2.24) is 0 Å². The first kappa shape index (κ1) is 17.5. The van der Waals surface area contributed by atoms with Crippen LogP contribution >= 0.6 is 11.3 Å². The van der Waals surface area contributed by atoms with E-state index in [0.717, 1.165) is 55.6 Å². The van der Waals surface area contributed by atoms with Gasteiger partial charge in [0.05, 0.1) is 10.5 Å². The predicted molar refractivity (Wildman–Crippen MR) is 104 cm³/mol. The molecule has 2 aromatic rings. The van der Waals surface area contributed by atoms with Gasteiger partial charge in [-0.25, -0.2) is 0 Å². The topological polar surface area (TPSA) is 99.3 Å². The molecule has 0 spiro atoms. The van der Waals surface area contributed by atoms with Crippen molar-refractivity contribution in [1.29, 1.82) is 5.26 Å². The highest BCUT2D eigenvalue weighted by Gasteiger charge is 2.26. The fourth-order valence-electron chi connectivity index (χ4n) is 3.82. The molecule has 4 rings (SSSR count). The highest BCUT2D eigenvalue weighted by Crippen LogP contribution is 2.39. The number of nitro groups is 1. The van der Waals surface area contributed by atoms with Gasteiger partial charge in [-0.1, -0.05) is 0 Å². The third-order valence-corrected chi connectivity index (χ3v) is 6.35. The molecule has 1 saturated heterocycles. The molecule has 1 amide bonds. The fraction of sp³-hybridized carbons (Fsp3) is 0.368. The van der Waals surface area contributed by atoms with Gasteiger partial charge in [-0.05, 0) is 49.8 Å². The first-order valence-electron chi connectivity index (χ1n) is 8.98. The minimum absolute atomic E-state index is 0.0567. The lowest BCUT2D eigenvalue weighted by molar-refractivity contribution is -0.384. The van der Waals surface area contributed by atoms with Crippen molar-refractivity contribution in [3.63, 3.8) is 0 Å². The molecule has 7 nitrogen and oxygen atoms in total. The van der Waals surface area contributed by atoms with E-state index < -0.39 is 10.8 Å². The number of fused-ring (bicyclic) bond motifs is 1. The van der Waals surface area contributed by atoms with Gasteiger partial charge in [0.1, 0.15) is 16.8 Å². The number of nitriles is 1.